The van der Waals surface area contributed by atoms with Gasteiger partial charge in [0.1, 0.15) is 0 Å². The van der Waals surface area contributed by atoms with E-state index in [0.717, 1.165) is 16.5 Å². The Balaban J connectivity index is 2.22. The van der Waals surface area contributed by atoms with Crippen LogP contribution < -0.4 is 5.32 Å². The number of nitrogens with one attached hydrogen (secondary N) is 1. The number of carbonyl (C=O) groups is 1. The molecule has 0 saturated heterocycles. The molecule has 2 aromatic rings. The molecule has 0 aliphatic rings. The second-order valence-corrected chi connectivity index (χ2v) is 5.46. The molecule has 0 aliphatic carbocycles. The molecule has 0 saturated carbocycles. The Kier molecular flexibility index (Phi) is 5.38. The van der Waals surface area contributed by atoms with Crippen molar-refractivity contribution in [3.8, 4) is 0 Å². The van der Waals surface area contributed by atoms with Crippen LogP contribution in [0.2, 0.25) is 0 Å². The van der Waals surface area contributed by atoms with Gasteiger partial charge in [-0.15, -0.1) is 0 Å². The molecule has 0 spiro atoms. The van der Waals surface area contributed by atoms with E-state index in [1.54, 1.807) is 24.2 Å². The van der Waals surface area contributed by atoms with E-state index in [1.165, 1.54) is 0 Å². The van der Waals surface area contributed by atoms with Crippen LogP contribution >= 0.6 is 11.8 Å². The first-order chi connectivity index (χ1) is 9.76. The third-order valence-corrected chi connectivity index (χ3v) is 3.83. The van der Waals surface area contributed by atoms with Crippen molar-refractivity contribution < 1.29 is 9.90 Å². The Labute approximate surface area is 122 Å². The van der Waals surface area contributed by atoms with Gasteiger partial charge in [-0.1, -0.05) is 24.3 Å². The number of fused-ring (bicyclic) bond motifs is 1. The zero-order chi connectivity index (χ0) is 14.4. The summed E-state index contributed by atoms with van der Waals surface area (Å²) >= 11 is 1.65. The van der Waals surface area contributed by atoms with Crippen LogP contribution in [-0.4, -0.2) is 40.7 Å². The number of nitrogens with zero attached hydrogens (tertiary/aromatic N) is 1. The summed E-state index contributed by atoms with van der Waals surface area (Å²) in [5.41, 5.74) is 0.576. The van der Waals surface area contributed by atoms with Gasteiger partial charge in [-0.05, 0) is 18.1 Å². The minimum atomic E-state index is -0.137. The molecule has 1 heterocycles. The van der Waals surface area contributed by atoms with Gasteiger partial charge >= 0.3 is 0 Å². The van der Waals surface area contributed by atoms with Gasteiger partial charge in [-0.2, -0.15) is 11.8 Å². The molecule has 2 rings (SSSR count). The number of aliphatic hydroxyl groups is 1. The van der Waals surface area contributed by atoms with Gasteiger partial charge in [0.05, 0.1) is 5.56 Å². The lowest BCUT2D eigenvalue weighted by molar-refractivity contribution is 0.0936. The third kappa shape index (κ3) is 3.49. The summed E-state index contributed by atoms with van der Waals surface area (Å²) in [4.78, 5) is 16.5. The Morgan fingerprint density at radius 2 is 2.20 bits per heavy atom. The fourth-order valence-corrected chi connectivity index (χ4v) is 2.77. The van der Waals surface area contributed by atoms with E-state index in [1.807, 2.05) is 30.5 Å². The molecule has 0 bridgehead atoms. The van der Waals surface area contributed by atoms with E-state index in [9.17, 15) is 4.79 Å². The van der Waals surface area contributed by atoms with Crippen molar-refractivity contribution in [2.24, 2.45) is 0 Å². The Morgan fingerprint density at radius 3 is 2.95 bits per heavy atom. The molecule has 1 unspecified atom stereocenters. The van der Waals surface area contributed by atoms with Gasteiger partial charge in [0.25, 0.3) is 5.91 Å². The van der Waals surface area contributed by atoms with Crippen molar-refractivity contribution in [2.45, 2.75) is 12.5 Å². The van der Waals surface area contributed by atoms with Crippen molar-refractivity contribution in [2.75, 3.05) is 18.6 Å². The van der Waals surface area contributed by atoms with Gasteiger partial charge < -0.3 is 10.4 Å². The normalized spacial score (nSPS) is 12.3. The number of amides is 1. The van der Waals surface area contributed by atoms with Crippen molar-refractivity contribution in [3.05, 3.63) is 42.2 Å². The third-order valence-electron chi connectivity index (χ3n) is 3.09. The minimum absolute atomic E-state index is 0.0264. The Hall–Kier alpha value is -1.59. The molecule has 20 heavy (non-hydrogen) atoms. The molecular formula is C15H18N2O2S. The first-order valence-corrected chi connectivity index (χ1v) is 7.89. The molecule has 2 N–H and O–H groups in total. The quantitative estimate of drug-likeness (QED) is 0.855. The first-order valence-electron chi connectivity index (χ1n) is 6.49. The van der Waals surface area contributed by atoms with Crippen molar-refractivity contribution in [3.63, 3.8) is 0 Å². The van der Waals surface area contributed by atoms with Crippen molar-refractivity contribution >= 4 is 28.4 Å². The molecular weight excluding hydrogens is 272 g/mol. The zero-order valence-corrected chi connectivity index (χ0v) is 12.2. The maximum absolute atomic E-state index is 12.4. The number of aromatic nitrogens is 1. The number of hydrogen-bond acceptors (Lipinski definition) is 4. The van der Waals surface area contributed by atoms with Crippen LogP contribution in [0.25, 0.3) is 10.8 Å². The number of pyridine rings is 1. The highest BCUT2D eigenvalue weighted by molar-refractivity contribution is 7.98. The van der Waals surface area contributed by atoms with Crippen LogP contribution in [0.3, 0.4) is 0 Å². The topological polar surface area (TPSA) is 62.2 Å². The lowest BCUT2D eigenvalue weighted by atomic mass is 10.1. The standard InChI is InChI=1S/C15H18N2O2S/c1-20-10-12(6-7-18)17-15(19)14-9-16-8-11-4-2-3-5-13(11)14/h2-5,8-9,12,18H,6-7,10H2,1H3,(H,17,19). The Morgan fingerprint density at radius 1 is 1.40 bits per heavy atom. The van der Waals surface area contributed by atoms with Crippen LogP contribution in [0, 0.1) is 0 Å². The van der Waals surface area contributed by atoms with Crippen LogP contribution in [0.1, 0.15) is 16.8 Å². The molecule has 0 aliphatic heterocycles. The lowest BCUT2D eigenvalue weighted by Crippen LogP contribution is -2.37. The van der Waals surface area contributed by atoms with Crippen LogP contribution in [0.15, 0.2) is 36.7 Å². The number of benzene rings is 1. The summed E-state index contributed by atoms with van der Waals surface area (Å²) in [5, 5.41) is 13.9. The predicted molar refractivity (Wildman–Crippen MR) is 83.1 cm³/mol. The molecule has 1 amide bonds. The summed E-state index contributed by atoms with van der Waals surface area (Å²) < 4.78 is 0. The number of aliphatic hydroxyl groups excluding tert-OH is 1. The largest absolute Gasteiger partial charge is 0.396 e. The van der Waals surface area contributed by atoms with Crippen LogP contribution in [0.5, 0.6) is 0 Å². The summed E-state index contributed by atoms with van der Waals surface area (Å²) in [5.74, 6) is 0.645. The van der Waals surface area contributed by atoms with Crippen LogP contribution in [-0.2, 0) is 0 Å². The monoisotopic (exact) mass is 290 g/mol. The van der Waals surface area contributed by atoms with Crippen molar-refractivity contribution in [1.82, 2.24) is 10.3 Å². The highest BCUT2D eigenvalue weighted by atomic mass is 32.2. The molecule has 106 valence electrons. The number of rotatable bonds is 6. The second kappa shape index (κ2) is 7.26. The molecule has 1 aromatic carbocycles. The van der Waals surface area contributed by atoms with Gasteiger partial charge in [0, 0.05) is 36.2 Å². The maximum Gasteiger partial charge on any atom is 0.253 e. The minimum Gasteiger partial charge on any atom is -0.396 e. The van der Waals surface area contributed by atoms with Crippen molar-refractivity contribution in [1.29, 1.82) is 0 Å². The molecule has 4 nitrogen and oxygen atoms in total. The summed E-state index contributed by atoms with van der Waals surface area (Å²) in [7, 11) is 0. The zero-order valence-electron chi connectivity index (χ0n) is 11.4. The highest BCUT2D eigenvalue weighted by Gasteiger charge is 2.15. The summed E-state index contributed by atoms with van der Waals surface area (Å²) in [6.07, 6.45) is 5.88. The summed E-state index contributed by atoms with van der Waals surface area (Å²) in [6, 6.07) is 7.66. The molecule has 0 radical (unpaired) electrons. The van der Waals surface area contributed by atoms with E-state index < -0.39 is 0 Å². The summed E-state index contributed by atoms with van der Waals surface area (Å²) in [6.45, 7) is 0.0687. The SMILES string of the molecule is CSCC(CCO)NC(=O)c1cncc2ccccc12. The van der Waals surface area contributed by atoms with E-state index in [2.05, 4.69) is 10.3 Å². The maximum atomic E-state index is 12.4. The van der Waals surface area contributed by atoms with Gasteiger partial charge in [0.2, 0.25) is 0 Å². The lowest BCUT2D eigenvalue weighted by Gasteiger charge is -2.17. The molecule has 1 atom stereocenters. The highest BCUT2D eigenvalue weighted by Crippen LogP contribution is 2.17. The smallest absolute Gasteiger partial charge is 0.253 e. The molecule has 1 aromatic heterocycles. The average Bonchev–Trinajstić information content (AvgIpc) is 2.47. The van der Waals surface area contributed by atoms with E-state index >= 15 is 0 Å². The Bertz CT molecular complexity index is 578. The number of thioether (sulfide) groups is 1. The molecule has 5 heteroatoms. The number of carbonyl (C=O) groups excluding carboxylic acids is 1. The second-order valence-electron chi connectivity index (χ2n) is 4.55. The van der Waals surface area contributed by atoms with Gasteiger partial charge in [-0.3, -0.25) is 9.78 Å². The predicted octanol–water partition coefficient (Wildman–Crippen LogP) is 2.08. The fraction of sp³-hybridized carbons (Fsp3) is 0.333. The average molecular weight is 290 g/mol. The van der Waals surface area contributed by atoms with E-state index in [0.29, 0.717) is 12.0 Å². The van der Waals surface area contributed by atoms with E-state index in [4.69, 9.17) is 5.11 Å². The van der Waals surface area contributed by atoms with E-state index in [-0.39, 0.29) is 18.6 Å². The van der Waals surface area contributed by atoms with Crippen LogP contribution in [0.4, 0.5) is 0 Å². The first kappa shape index (κ1) is 14.8. The van der Waals surface area contributed by atoms with Gasteiger partial charge in [-0.25, -0.2) is 0 Å². The van der Waals surface area contributed by atoms with Gasteiger partial charge in [0.15, 0.2) is 0 Å². The number of hydrogen-bond donors (Lipinski definition) is 2. The molecule has 0 fully saturated rings. The fourth-order valence-electron chi connectivity index (χ4n) is 2.11.